The molecule has 0 spiro atoms. The zero-order valence-corrected chi connectivity index (χ0v) is 11.8. The van der Waals surface area contributed by atoms with Crippen LogP contribution >= 0.6 is 34.5 Å². The van der Waals surface area contributed by atoms with Crippen LogP contribution in [0.15, 0.2) is 10.6 Å². The number of nitrogens with one attached hydrogen (secondary N) is 1. The standard InChI is InChI=1S/C11H11Cl2N3OS/c12-8-4-7(9(13)18-8)11-15-10(16-17-11)6-2-1-3-14-5-6/h4,6,14H,1-3,5H2. The molecule has 0 saturated carbocycles. The van der Waals surface area contributed by atoms with Crippen LogP contribution in [0.2, 0.25) is 8.67 Å². The van der Waals surface area contributed by atoms with Crippen molar-refractivity contribution in [3.05, 3.63) is 20.6 Å². The van der Waals surface area contributed by atoms with Gasteiger partial charge in [0.25, 0.3) is 5.89 Å². The average molecular weight is 304 g/mol. The molecule has 0 bridgehead atoms. The largest absolute Gasteiger partial charge is 0.334 e. The number of aromatic nitrogens is 2. The van der Waals surface area contributed by atoms with Crippen molar-refractivity contribution in [1.29, 1.82) is 0 Å². The molecule has 96 valence electrons. The zero-order chi connectivity index (χ0) is 12.5. The normalized spacial score (nSPS) is 20.2. The van der Waals surface area contributed by atoms with Crippen LogP contribution in [0.4, 0.5) is 0 Å². The summed E-state index contributed by atoms with van der Waals surface area (Å²) in [6.45, 7) is 1.96. The lowest BCUT2D eigenvalue weighted by Crippen LogP contribution is -2.28. The second-order valence-electron chi connectivity index (χ2n) is 4.24. The molecule has 2 aromatic heterocycles. The van der Waals surface area contributed by atoms with E-state index >= 15 is 0 Å². The molecule has 7 heteroatoms. The highest BCUT2D eigenvalue weighted by molar-refractivity contribution is 7.20. The minimum absolute atomic E-state index is 0.323. The number of nitrogens with zero attached hydrogens (tertiary/aromatic N) is 2. The molecule has 1 aliphatic rings. The molecule has 1 N–H and O–H groups in total. The van der Waals surface area contributed by atoms with E-state index in [2.05, 4.69) is 15.5 Å². The van der Waals surface area contributed by atoms with Crippen molar-refractivity contribution in [2.45, 2.75) is 18.8 Å². The van der Waals surface area contributed by atoms with E-state index in [0.29, 0.717) is 26.0 Å². The van der Waals surface area contributed by atoms with Gasteiger partial charge in [-0.2, -0.15) is 4.98 Å². The topological polar surface area (TPSA) is 51.0 Å². The first-order chi connectivity index (χ1) is 8.74. The van der Waals surface area contributed by atoms with E-state index < -0.39 is 0 Å². The third-order valence-electron chi connectivity index (χ3n) is 2.99. The maximum absolute atomic E-state index is 6.07. The summed E-state index contributed by atoms with van der Waals surface area (Å²) < 4.78 is 6.47. The second-order valence-corrected chi connectivity index (χ2v) is 6.52. The van der Waals surface area contributed by atoms with Crippen LogP contribution < -0.4 is 5.32 Å². The molecule has 0 aromatic carbocycles. The van der Waals surface area contributed by atoms with Crippen LogP contribution in [0.5, 0.6) is 0 Å². The minimum Gasteiger partial charge on any atom is -0.334 e. The van der Waals surface area contributed by atoms with Crippen LogP contribution in [0.1, 0.15) is 24.6 Å². The second kappa shape index (κ2) is 5.17. The van der Waals surface area contributed by atoms with Gasteiger partial charge in [0.05, 0.1) is 9.90 Å². The maximum atomic E-state index is 6.07. The van der Waals surface area contributed by atoms with Gasteiger partial charge in [-0.25, -0.2) is 0 Å². The fourth-order valence-corrected chi connectivity index (χ4v) is 3.52. The van der Waals surface area contributed by atoms with Crippen LogP contribution in [-0.2, 0) is 0 Å². The lowest BCUT2D eigenvalue weighted by Gasteiger charge is -2.19. The molecule has 1 aliphatic heterocycles. The Balaban J connectivity index is 1.86. The molecule has 1 saturated heterocycles. The number of hydrogen-bond acceptors (Lipinski definition) is 5. The highest BCUT2D eigenvalue weighted by Gasteiger charge is 2.22. The van der Waals surface area contributed by atoms with Crippen LogP contribution in [-0.4, -0.2) is 23.2 Å². The Labute approximate surface area is 118 Å². The van der Waals surface area contributed by atoms with Gasteiger partial charge in [0.15, 0.2) is 5.82 Å². The van der Waals surface area contributed by atoms with Gasteiger partial charge in [-0.1, -0.05) is 28.4 Å². The fraction of sp³-hybridized carbons (Fsp3) is 0.455. The van der Waals surface area contributed by atoms with E-state index in [1.165, 1.54) is 11.3 Å². The smallest absolute Gasteiger partial charge is 0.260 e. The summed E-state index contributed by atoms with van der Waals surface area (Å²) in [5.41, 5.74) is 0.717. The number of thiophene rings is 1. The monoisotopic (exact) mass is 303 g/mol. The predicted molar refractivity (Wildman–Crippen MR) is 72.5 cm³/mol. The average Bonchev–Trinajstić information content (AvgIpc) is 2.97. The predicted octanol–water partition coefficient (Wildman–Crippen LogP) is 3.57. The van der Waals surface area contributed by atoms with Gasteiger partial charge in [-0.3, -0.25) is 0 Å². The van der Waals surface area contributed by atoms with E-state index in [4.69, 9.17) is 27.7 Å². The Morgan fingerprint density at radius 2 is 2.33 bits per heavy atom. The quantitative estimate of drug-likeness (QED) is 0.921. The molecule has 0 aliphatic carbocycles. The van der Waals surface area contributed by atoms with E-state index in [9.17, 15) is 0 Å². The molecule has 18 heavy (non-hydrogen) atoms. The lowest BCUT2D eigenvalue weighted by molar-refractivity contribution is 0.393. The third kappa shape index (κ3) is 2.40. The van der Waals surface area contributed by atoms with E-state index in [1.54, 1.807) is 6.07 Å². The maximum Gasteiger partial charge on any atom is 0.260 e. The van der Waals surface area contributed by atoms with Crippen molar-refractivity contribution in [3.8, 4) is 11.5 Å². The fourth-order valence-electron chi connectivity index (χ4n) is 2.07. The summed E-state index contributed by atoms with van der Waals surface area (Å²) in [4.78, 5) is 4.42. The Kier molecular flexibility index (Phi) is 3.56. The zero-order valence-electron chi connectivity index (χ0n) is 9.45. The van der Waals surface area contributed by atoms with Crippen LogP contribution in [0.3, 0.4) is 0 Å². The highest BCUT2D eigenvalue weighted by Crippen LogP contribution is 2.37. The summed E-state index contributed by atoms with van der Waals surface area (Å²) in [5.74, 6) is 1.52. The molecule has 1 atom stereocenters. The summed E-state index contributed by atoms with van der Waals surface area (Å²) >= 11 is 13.3. The Hall–Kier alpha value is -0.620. The summed E-state index contributed by atoms with van der Waals surface area (Å²) in [6, 6.07) is 1.75. The van der Waals surface area contributed by atoms with Gasteiger partial charge in [0.2, 0.25) is 0 Å². The van der Waals surface area contributed by atoms with Crippen molar-refractivity contribution >= 4 is 34.5 Å². The van der Waals surface area contributed by atoms with E-state index in [0.717, 1.165) is 31.8 Å². The van der Waals surface area contributed by atoms with Crippen LogP contribution in [0.25, 0.3) is 11.5 Å². The van der Waals surface area contributed by atoms with Crippen molar-refractivity contribution in [2.24, 2.45) is 0 Å². The van der Waals surface area contributed by atoms with Crippen molar-refractivity contribution in [1.82, 2.24) is 15.5 Å². The van der Waals surface area contributed by atoms with Gasteiger partial charge in [0, 0.05) is 12.5 Å². The summed E-state index contributed by atoms with van der Waals surface area (Å²) in [5, 5.41) is 7.37. The molecule has 0 amide bonds. The van der Waals surface area contributed by atoms with E-state index in [1.807, 2.05) is 0 Å². The lowest BCUT2D eigenvalue weighted by atomic mass is 9.99. The first-order valence-corrected chi connectivity index (χ1v) is 7.31. The molecule has 3 heterocycles. The first kappa shape index (κ1) is 12.4. The first-order valence-electron chi connectivity index (χ1n) is 5.73. The summed E-state index contributed by atoms with van der Waals surface area (Å²) in [6.07, 6.45) is 2.23. The number of piperidine rings is 1. The van der Waals surface area contributed by atoms with Crippen molar-refractivity contribution < 1.29 is 4.52 Å². The minimum atomic E-state index is 0.323. The number of hydrogen-bond donors (Lipinski definition) is 1. The van der Waals surface area contributed by atoms with Crippen molar-refractivity contribution in [3.63, 3.8) is 0 Å². The molecular formula is C11H11Cl2N3OS. The molecule has 4 nitrogen and oxygen atoms in total. The van der Waals surface area contributed by atoms with Gasteiger partial charge >= 0.3 is 0 Å². The van der Waals surface area contributed by atoms with Gasteiger partial charge in [-0.05, 0) is 25.5 Å². The molecule has 1 unspecified atom stereocenters. The Bertz CT molecular complexity index is 548. The molecule has 2 aromatic rings. The van der Waals surface area contributed by atoms with Crippen LogP contribution in [0, 0.1) is 0 Å². The number of rotatable bonds is 2. The van der Waals surface area contributed by atoms with E-state index in [-0.39, 0.29) is 0 Å². The highest BCUT2D eigenvalue weighted by atomic mass is 35.5. The molecule has 0 radical (unpaired) electrons. The molecule has 3 rings (SSSR count). The van der Waals surface area contributed by atoms with Gasteiger partial charge in [-0.15, -0.1) is 11.3 Å². The summed E-state index contributed by atoms with van der Waals surface area (Å²) in [7, 11) is 0. The number of halogens is 2. The Morgan fingerprint density at radius 3 is 3.00 bits per heavy atom. The van der Waals surface area contributed by atoms with Gasteiger partial charge < -0.3 is 9.84 Å². The molecular weight excluding hydrogens is 293 g/mol. The Morgan fingerprint density at radius 1 is 1.44 bits per heavy atom. The van der Waals surface area contributed by atoms with Gasteiger partial charge in [0.1, 0.15) is 4.34 Å². The third-order valence-corrected chi connectivity index (χ3v) is 4.48. The van der Waals surface area contributed by atoms with Crippen molar-refractivity contribution in [2.75, 3.05) is 13.1 Å². The SMILES string of the molecule is Clc1cc(-c2nc(C3CCCNC3)no2)c(Cl)s1. The molecule has 1 fully saturated rings.